The molecule has 1 rings (SSSR count). The molecule has 0 saturated carbocycles. The highest BCUT2D eigenvalue weighted by atomic mass is 16.3. The Balaban J connectivity index is 2.66. The monoisotopic (exact) mass is 209 g/mol. The van der Waals surface area contributed by atoms with Gasteiger partial charge in [0.15, 0.2) is 0 Å². The lowest BCUT2D eigenvalue weighted by atomic mass is 10.1. The van der Waals surface area contributed by atoms with Crippen molar-refractivity contribution in [1.82, 2.24) is 5.32 Å². The molecule has 0 fully saturated rings. The zero-order valence-electron chi connectivity index (χ0n) is 8.60. The zero-order valence-corrected chi connectivity index (χ0v) is 8.60. The van der Waals surface area contributed by atoms with Crippen LogP contribution in [0.1, 0.15) is 22.8 Å². The molecular formula is C11H15NO3. The van der Waals surface area contributed by atoms with E-state index in [0.717, 1.165) is 5.56 Å². The Kier molecular flexibility index (Phi) is 4.27. The lowest BCUT2D eigenvalue weighted by molar-refractivity contribution is 0.0922. The predicted molar refractivity (Wildman–Crippen MR) is 56.4 cm³/mol. The second-order valence-corrected chi connectivity index (χ2v) is 3.41. The molecule has 1 aromatic rings. The van der Waals surface area contributed by atoms with Crippen LogP contribution in [0.2, 0.25) is 0 Å². The number of hydrogen-bond acceptors (Lipinski definition) is 3. The molecule has 1 aromatic carbocycles. The van der Waals surface area contributed by atoms with Crippen molar-refractivity contribution in [2.75, 3.05) is 6.61 Å². The minimum absolute atomic E-state index is 0.0328. The molecule has 0 aliphatic heterocycles. The molecule has 4 nitrogen and oxygen atoms in total. The van der Waals surface area contributed by atoms with Crippen molar-refractivity contribution in [1.29, 1.82) is 0 Å². The predicted octanol–water partition coefficient (Wildman–Crippen LogP) is 0.290. The summed E-state index contributed by atoms with van der Waals surface area (Å²) in [5.41, 5.74) is 1.29. The van der Waals surface area contributed by atoms with Crippen LogP contribution in [0, 0.1) is 0 Å². The lowest BCUT2D eigenvalue weighted by Gasteiger charge is -2.10. The van der Waals surface area contributed by atoms with Gasteiger partial charge in [0.05, 0.1) is 13.2 Å². The molecule has 0 bridgehead atoms. The first kappa shape index (κ1) is 11.7. The summed E-state index contributed by atoms with van der Waals surface area (Å²) in [5, 5.41) is 20.2. The van der Waals surface area contributed by atoms with Crippen LogP contribution in [-0.4, -0.2) is 28.8 Å². The fourth-order valence-corrected chi connectivity index (χ4v) is 1.11. The first-order valence-electron chi connectivity index (χ1n) is 4.79. The minimum atomic E-state index is -0.255. The molecule has 0 heterocycles. The maximum Gasteiger partial charge on any atom is 0.251 e. The molecule has 4 heteroatoms. The van der Waals surface area contributed by atoms with E-state index in [1.807, 2.05) is 0 Å². The Hall–Kier alpha value is -1.39. The highest BCUT2D eigenvalue weighted by Gasteiger charge is 2.08. The molecular weight excluding hydrogens is 194 g/mol. The summed E-state index contributed by atoms with van der Waals surface area (Å²) in [6.45, 7) is 1.61. The Morgan fingerprint density at radius 2 is 1.93 bits per heavy atom. The summed E-state index contributed by atoms with van der Waals surface area (Å²) < 4.78 is 0. The van der Waals surface area contributed by atoms with Crippen molar-refractivity contribution >= 4 is 5.91 Å². The van der Waals surface area contributed by atoms with Gasteiger partial charge >= 0.3 is 0 Å². The number of benzene rings is 1. The van der Waals surface area contributed by atoms with E-state index < -0.39 is 0 Å². The molecule has 0 aliphatic rings. The number of hydrogen-bond donors (Lipinski definition) is 3. The molecule has 0 aromatic heterocycles. The summed E-state index contributed by atoms with van der Waals surface area (Å²) in [6, 6.07) is 6.42. The topological polar surface area (TPSA) is 69.6 Å². The molecule has 3 N–H and O–H groups in total. The number of rotatable bonds is 4. The Labute approximate surface area is 88.6 Å². The van der Waals surface area contributed by atoms with Gasteiger partial charge in [-0.25, -0.2) is 0 Å². The fourth-order valence-electron chi connectivity index (χ4n) is 1.11. The van der Waals surface area contributed by atoms with Crippen LogP contribution in [0.5, 0.6) is 0 Å². The number of amides is 1. The van der Waals surface area contributed by atoms with Gasteiger partial charge in [-0.05, 0) is 24.6 Å². The second kappa shape index (κ2) is 5.48. The number of carbonyl (C=O) groups is 1. The molecule has 1 unspecified atom stereocenters. The Morgan fingerprint density at radius 3 is 2.40 bits per heavy atom. The van der Waals surface area contributed by atoms with Crippen molar-refractivity contribution in [3.63, 3.8) is 0 Å². The van der Waals surface area contributed by atoms with Gasteiger partial charge in [-0.3, -0.25) is 4.79 Å². The van der Waals surface area contributed by atoms with Crippen LogP contribution in [0.15, 0.2) is 24.3 Å². The highest BCUT2D eigenvalue weighted by Crippen LogP contribution is 2.04. The summed E-state index contributed by atoms with van der Waals surface area (Å²) >= 11 is 0. The average Bonchev–Trinajstić information content (AvgIpc) is 2.29. The van der Waals surface area contributed by atoms with Crippen LogP contribution >= 0.6 is 0 Å². The maximum absolute atomic E-state index is 11.5. The highest BCUT2D eigenvalue weighted by molar-refractivity contribution is 5.94. The SMILES string of the molecule is CC(CO)NC(=O)c1ccc(CO)cc1. The van der Waals surface area contributed by atoms with Gasteiger partial charge in [-0.2, -0.15) is 0 Å². The van der Waals surface area contributed by atoms with E-state index in [1.54, 1.807) is 31.2 Å². The lowest BCUT2D eigenvalue weighted by Crippen LogP contribution is -2.34. The van der Waals surface area contributed by atoms with Crippen LogP contribution in [-0.2, 0) is 6.61 Å². The zero-order chi connectivity index (χ0) is 11.3. The summed E-state index contributed by atoms with van der Waals surface area (Å²) in [4.78, 5) is 11.5. The van der Waals surface area contributed by atoms with Crippen molar-refractivity contribution in [3.8, 4) is 0 Å². The second-order valence-electron chi connectivity index (χ2n) is 3.41. The van der Waals surface area contributed by atoms with Gasteiger partial charge in [-0.1, -0.05) is 12.1 Å². The number of nitrogens with one attached hydrogen (secondary N) is 1. The van der Waals surface area contributed by atoms with Crippen LogP contribution in [0.4, 0.5) is 0 Å². The third-order valence-electron chi connectivity index (χ3n) is 2.05. The van der Waals surface area contributed by atoms with E-state index in [9.17, 15) is 4.79 Å². The quantitative estimate of drug-likeness (QED) is 0.667. The van der Waals surface area contributed by atoms with E-state index in [1.165, 1.54) is 0 Å². The van der Waals surface area contributed by atoms with E-state index in [-0.39, 0.29) is 25.2 Å². The molecule has 1 amide bonds. The minimum Gasteiger partial charge on any atom is -0.394 e. The van der Waals surface area contributed by atoms with Gasteiger partial charge in [0.2, 0.25) is 0 Å². The van der Waals surface area contributed by atoms with Gasteiger partial charge in [0.1, 0.15) is 0 Å². The first-order valence-corrected chi connectivity index (χ1v) is 4.79. The summed E-state index contributed by atoms with van der Waals surface area (Å²) in [6.07, 6.45) is 0. The fraction of sp³-hybridized carbons (Fsp3) is 0.364. The number of aliphatic hydroxyl groups excluding tert-OH is 2. The van der Waals surface area contributed by atoms with E-state index in [2.05, 4.69) is 5.32 Å². The number of aliphatic hydroxyl groups is 2. The van der Waals surface area contributed by atoms with Crippen LogP contribution in [0.3, 0.4) is 0 Å². The van der Waals surface area contributed by atoms with Gasteiger partial charge in [0, 0.05) is 11.6 Å². The number of carbonyl (C=O) groups excluding carboxylic acids is 1. The molecule has 15 heavy (non-hydrogen) atoms. The van der Waals surface area contributed by atoms with Crippen molar-refractivity contribution in [2.24, 2.45) is 0 Å². The van der Waals surface area contributed by atoms with E-state index >= 15 is 0 Å². The molecule has 0 saturated heterocycles. The third kappa shape index (κ3) is 3.34. The van der Waals surface area contributed by atoms with E-state index in [0.29, 0.717) is 5.56 Å². The smallest absolute Gasteiger partial charge is 0.251 e. The summed E-state index contributed by atoms with van der Waals surface area (Å²) in [5.74, 6) is -0.221. The summed E-state index contributed by atoms with van der Waals surface area (Å²) in [7, 11) is 0. The van der Waals surface area contributed by atoms with Gasteiger partial charge in [-0.15, -0.1) is 0 Å². The average molecular weight is 209 g/mol. The van der Waals surface area contributed by atoms with Crippen molar-refractivity contribution in [2.45, 2.75) is 19.6 Å². The normalized spacial score (nSPS) is 12.2. The van der Waals surface area contributed by atoms with Crippen molar-refractivity contribution < 1.29 is 15.0 Å². The maximum atomic E-state index is 11.5. The largest absolute Gasteiger partial charge is 0.394 e. The molecule has 0 aliphatic carbocycles. The molecule has 1 atom stereocenters. The van der Waals surface area contributed by atoms with E-state index in [4.69, 9.17) is 10.2 Å². The Bertz CT molecular complexity index is 321. The van der Waals surface area contributed by atoms with Crippen molar-refractivity contribution in [3.05, 3.63) is 35.4 Å². The molecule has 0 radical (unpaired) electrons. The van der Waals surface area contributed by atoms with Gasteiger partial charge < -0.3 is 15.5 Å². The third-order valence-corrected chi connectivity index (χ3v) is 2.05. The first-order chi connectivity index (χ1) is 7.17. The standard InChI is InChI=1S/C11H15NO3/c1-8(6-13)12-11(15)10-4-2-9(7-14)3-5-10/h2-5,8,13-14H,6-7H2,1H3,(H,12,15). The van der Waals surface area contributed by atoms with Gasteiger partial charge in [0.25, 0.3) is 5.91 Å². The van der Waals surface area contributed by atoms with Crippen LogP contribution in [0.25, 0.3) is 0 Å². The molecule has 82 valence electrons. The Morgan fingerprint density at radius 1 is 1.33 bits per heavy atom. The molecule has 0 spiro atoms. The van der Waals surface area contributed by atoms with Crippen LogP contribution < -0.4 is 5.32 Å².